The molecule has 1 fully saturated rings. The number of nitriles is 1. The summed E-state index contributed by atoms with van der Waals surface area (Å²) in [4.78, 5) is 25.7. The molecule has 0 aliphatic carbocycles. The molecule has 0 saturated carbocycles. The van der Waals surface area contributed by atoms with E-state index >= 15 is 0 Å². The van der Waals surface area contributed by atoms with Crippen molar-refractivity contribution in [3.05, 3.63) is 18.2 Å². The highest BCUT2D eigenvalue weighted by molar-refractivity contribution is 6.00. The van der Waals surface area contributed by atoms with Gasteiger partial charge in [-0.25, -0.2) is 0 Å². The summed E-state index contributed by atoms with van der Waals surface area (Å²) in [6.07, 6.45) is -0.784. The van der Waals surface area contributed by atoms with Crippen molar-refractivity contribution in [3.63, 3.8) is 0 Å². The molecule has 0 bridgehead atoms. The van der Waals surface area contributed by atoms with Crippen molar-refractivity contribution in [2.75, 3.05) is 25.7 Å². The molecule has 0 N–H and O–H groups in total. The van der Waals surface area contributed by atoms with Crippen LogP contribution in [0.25, 0.3) is 0 Å². The van der Waals surface area contributed by atoms with Crippen LogP contribution in [0.5, 0.6) is 11.5 Å². The number of rotatable bonds is 5. The van der Waals surface area contributed by atoms with Crippen LogP contribution in [0.15, 0.2) is 18.2 Å². The Morgan fingerprint density at radius 2 is 2.13 bits per heavy atom. The second-order valence-electron chi connectivity index (χ2n) is 5.15. The summed E-state index contributed by atoms with van der Waals surface area (Å²) in [5, 5.41) is 8.69. The predicted octanol–water partition coefficient (Wildman–Crippen LogP) is 1.51. The van der Waals surface area contributed by atoms with Gasteiger partial charge in [0.15, 0.2) is 6.10 Å². The van der Waals surface area contributed by atoms with Crippen LogP contribution in [0.3, 0.4) is 0 Å². The van der Waals surface area contributed by atoms with E-state index in [0.717, 1.165) is 0 Å². The van der Waals surface area contributed by atoms with Gasteiger partial charge in [-0.05, 0) is 19.1 Å². The van der Waals surface area contributed by atoms with Crippen LogP contribution >= 0.6 is 0 Å². The van der Waals surface area contributed by atoms with Crippen molar-refractivity contribution in [2.45, 2.75) is 19.4 Å². The Labute approximate surface area is 134 Å². The third-order valence-corrected chi connectivity index (χ3v) is 3.61. The Balaban J connectivity index is 2.18. The van der Waals surface area contributed by atoms with Crippen LogP contribution < -0.4 is 14.4 Å². The molecule has 122 valence electrons. The Kier molecular flexibility index (Phi) is 5.06. The van der Waals surface area contributed by atoms with E-state index in [1.165, 1.54) is 26.0 Å². The summed E-state index contributed by atoms with van der Waals surface area (Å²) in [7, 11) is 3.04. The molecule has 23 heavy (non-hydrogen) atoms. The summed E-state index contributed by atoms with van der Waals surface area (Å²) in [6, 6.07) is 6.93. The number of anilines is 1. The molecule has 1 aromatic rings. The van der Waals surface area contributed by atoms with E-state index in [0.29, 0.717) is 17.2 Å². The lowest BCUT2D eigenvalue weighted by atomic mass is 10.1. The van der Waals surface area contributed by atoms with Gasteiger partial charge < -0.3 is 19.1 Å². The molecule has 0 unspecified atom stereocenters. The second kappa shape index (κ2) is 7.01. The molecule has 7 nitrogen and oxygen atoms in total. The maximum absolute atomic E-state index is 12.2. The lowest BCUT2D eigenvalue weighted by Gasteiger charge is -2.20. The lowest BCUT2D eigenvalue weighted by Crippen LogP contribution is -2.27. The third kappa shape index (κ3) is 3.54. The van der Waals surface area contributed by atoms with Gasteiger partial charge in [0.2, 0.25) is 5.91 Å². The number of hydrogen-bond acceptors (Lipinski definition) is 6. The molecule has 0 spiro atoms. The first kappa shape index (κ1) is 16.6. The quantitative estimate of drug-likeness (QED) is 0.765. The van der Waals surface area contributed by atoms with Gasteiger partial charge in [0, 0.05) is 19.0 Å². The fourth-order valence-electron chi connectivity index (χ4n) is 2.40. The van der Waals surface area contributed by atoms with Crippen LogP contribution in [0.4, 0.5) is 5.69 Å². The fraction of sp³-hybridized carbons (Fsp3) is 0.438. The SMILES string of the molecule is COc1ccc(N2C[C@@H](C(=O)O[C@H](C)C#N)CC2=O)c(OC)c1. The predicted molar refractivity (Wildman–Crippen MR) is 81.2 cm³/mol. The van der Waals surface area contributed by atoms with Crippen molar-refractivity contribution in [3.8, 4) is 17.6 Å². The van der Waals surface area contributed by atoms with Crippen LogP contribution in [-0.2, 0) is 14.3 Å². The molecule has 2 atom stereocenters. The topological polar surface area (TPSA) is 88.9 Å². The molecular formula is C16H18N2O5. The number of esters is 1. The van der Waals surface area contributed by atoms with E-state index in [2.05, 4.69) is 0 Å². The minimum Gasteiger partial charge on any atom is -0.497 e. The summed E-state index contributed by atoms with van der Waals surface area (Å²) < 4.78 is 15.4. The number of ether oxygens (including phenoxy) is 3. The van der Waals surface area contributed by atoms with Crippen molar-refractivity contribution in [1.29, 1.82) is 5.26 Å². The van der Waals surface area contributed by atoms with Gasteiger partial charge in [-0.15, -0.1) is 0 Å². The molecular weight excluding hydrogens is 300 g/mol. The van der Waals surface area contributed by atoms with Crippen LogP contribution in [-0.4, -0.2) is 38.7 Å². The van der Waals surface area contributed by atoms with Gasteiger partial charge in [-0.1, -0.05) is 0 Å². The zero-order chi connectivity index (χ0) is 17.0. The van der Waals surface area contributed by atoms with Crippen molar-refractivity contribution in [2.24, 2.45) is 5.92 Å². The monoisotopic (exact) mass is 318 g/mol. The summed E-state index contributed by atoms with van der Waals surface area (Å²) >= 11 is 0. The highest BCUT2D eigenvalue weighted by atomic mass is 16.5. The summed E-state index contributed by atoms with van der Waals surface area (Å²) in [5.74, 6) is -0.235. The van der Waals surface area contributed by atoms with Crippen LogP contribution in [0, 0.1) is 17.2 Å². The van der Waals surface area contributed by atoms with E-state index in [1.54, 1.807) is 18.2 Å². The van der Waals surface area contributed by atoms with Crippen LogP contribution in [0.1, 0.15) is 13.3 Å². The average Bonchev–Trinajstić information content (AvgIpc) is 2.95. The third-order valence-electron chi connectivity index (χ3n) is 3.61. The van der Waals surface area contributed by atoms with E-state index in [1.807, 2.05) is 6.07 Å². The van der Waals surface area contributed by atoms with E-state index in [9.17, 15) is 9.59 Å². The van der Waals surface area contributed by atoms with Crippen LogP contribution in [0.2, 0.25) is 0 Å². The number of nitrogens with zero attached hydrogens (tertiary/aromatic N) is 2. The largest absolute Gasteiger partial charge is 0.497 e. The minimum absolute atomic E-state index is 0.0478. The van der Waals surface area contributed by atoms with Gasteiger partial charge in [-0.3, -0.25) is 9.59 Å². The molecule has 1 aliphatic rings. The highest BCUT2D eigenvalue weighted by Crippen LogP contribution is 2.36. The second-order valence-corrected chi connectivity index (χ2v) is 5.15. The van der Waals surface area contributed by atoms with Crippen molar-refractivity contribution >= 4 is 17.6 Å². The minimum atomic E-state index is -0.831. The normalized spacial score (nSPS) is 18.3. The number of hydrogen-bond donors (Lipinski definition) is 0. The Morgan fingerprint density at radius 1 is 1.39 bits per heavy atom. The smallest absolute Gasteiger partial charge is 0.312 e. The number of carbonyl (C=O) groups excluding carboxylic acids is 2. The van der Waals surface area contributed by atoms with E-state index in [4.69, 9.17) is 19.5 Å². The molecule has 1 aromatic carbocycles. The molecule has 0 aromatic heterocycles. The first-order valence-corrected chi connectivity index (χ1v) is 7.12. The Morgan fingerprint density at radius 3 is 2.74 bits per heavy atom. The standard InChI is InChI=1S/C16H18N2O5/c1-10(8-17)23-16(20)11-6-15(19)18(9-11)13-5-4-12(21-2)7-14(13)22-3/h4-5,7,10-11H,6,9H2,1-3H3/t10-,11+/m1/s1. The first-order valence-electron chi connectivity index (χ1n) is 7.12. The van der Waals surface area contributed by atoms with Gasteiger partial charge >= 0.3 is 5.97 Å². The maximum atomic E-state index is 12.2. The zero-order valence-electron chi connectivity index (χ0n) is 13.2. The maximum Gasteiger partial charge on any atom is 0.312 e. The van der Waals surface area contributed by atoms with Crippen molar-refractivity contribution in [1.82, 2.24) is 0 Å². The average molecular weight is 318 g/mol. The Bertz CT molecular complexity index is 652. The molecule has 1 aliphatic heterocycles. The molecule has 7 heteroatoms. The molecule has 0 radical (unpaired) electrons. The van der Waals surface area contributed by atoms with Gasteiger partial charge in [0.05, 0.1) is 25.8 Å². The first-order chi connectivity index (χ1) is 11.0. The number of methoxy groups -OCH3 is 2. The molecule has 1 heterocycles. The molecule has 1 saturated heterocycles. The highest BCUT2D eigenvalue weighted by Gasteiger charge is 2.37. The summed E-state index contributed by atoms with van der Waals surface area (Å²) in [5.41, 5.74) is 0.571. The van der Waals surface area contributed by atoms with Crippen molar-refractivity contribution < 1.29 is 23.8 Å². The number of carbonyl (C=O) groups is 2. The van der Waals surface area contributed by atoms with E-state index in [-0.39, 0.29) is 18.9 Å². The van der Waals surface area contributed by atoms with Gasteiger partial charge in [0.25, 0.3) is 0 Å². The zero-order valence-corrected chi connectivity index (χ0v) is 13.2. The fourth-order valence-corrected chi connectivity index (χ4v) is 2.40. The number of benzene rings is 1. The molecule has 2 rings (SSSR count). The lowest BCUT2D eigenvalue weighted by molar-refractivity contribution is -0.150. The summed E-state index contributed by atoms with van der Waals surface area (Å²) in [6.45, 7) is 1.68. The van der Waals surface area contributed by atoms with E-state index < -0.39 is 18.0 Å². The molecule has 1 amide bonds. The van der Waals surface area contributed by atoms with Gasteiger partial charge in [-0.2, -0.15) is 5.26 Å². The number of amides is 1. The Hall–Kier alpha value is -2.75. The van der Waals surface area contributed by atoms with Gasteiger partial charge in [0.1, 0.15) is 17.6 Å².